The van der Waals surface area contributed by atoms with E-state index in [4.69, 9.17) is 0 Å². The van der Waals surface area contributed by atoms with E-state index < -0.39 is 5.97 Å². The Morgan fingerprint density at radius 3 is 2.33 bits per heavy atom. The maximum absolute atomic E-state index is 11.3. The smallest absolute Gasteiger partial charge is 0.347 e. The van der Waals surface area contributed by atoms with Crippen LogP contribution in [-0.2, 0) is 11.8 Å². The number of benzene rings is 1. The van der Waals surface area contributed by atoms with Crippen molar-refractivity contribution in [2.45, 2.75) is 46.0 Å². The van der Waals surface area contributed by atoms with Crippen molar-refractivity contribution < 1.29 is 9.90 Å². The van der Waals surface area contributed by atoms with Crippen molar-refractivity contribution in [1.29, 1.82) is 0 Å². The fraction of sp³-hybridized carbons (Fsp3) is 0.412. The van der Waals surface area contributed by atoms with E-state index in [1.807, 2.05) is 19.1 Å². The molecule has 2 rings (SSSR count). The number of aromatic carboxylic acids is 1. The summed E-state index contributed by atoms with van der Waals surface area (Å²) in [6, 6.07) is 8.24. The first kappa shape index (κ1) is 15.7. The third kappa shape index (κ3) is 3.50. The second-order valence-electron chi connectivity index (χ2n) is 6.18. The Morgan fingerprint density at radius 1 is 1.24 bits per heavy atom. The van der Waals surface area contributed by atoms with Gasteiger partial charge >= 0.3 is 5.97 Å². The van der Waals surface area contributed by atoms with Crippen molar-refractivity contribution in [2.75, 3.05) is 0 Å². The number of aromatic nitrogens is 1. The van der Waals surface area contributed by atoms with E-state index in [0.717, 1.165) is 17.0 Å². The lowest BCUT2D eigenvalue weighted by atomic mass is 9.87. The number of carboxylic acids is 1. The lowest BCUT2D eigenvalue weighted by Gasteiger charge is -2.18. The zero-order valence-corrected chi connectivity index (χ0v) is 13.8. The average molecular weight is 303 g/mol. The van der Waals surface area contributed by atoms with Gasteiger partial charge in [-0.15, -0.1) is 11.3 Å². The molecule has 112 valence electrons. The molecule has 0 atom stereocenters. The Labute approximate surface area is 129 Å². The summed E-state index contributed by atoms with van der Waals surface area (Å²) < 4.78 is 0. The molecule has 1 aromatic heterocycles. The Morgan fingerprint density at radius 2 is 1.86 bits per heavy atom. The zero-order valence-electron chi connectivity index (χ0n) is 12.9. The molecule has 0 radical (unpaired) electrons. The Balaban J connectivity index is 2.38. The van der Waals surface area contributed by atoms with E-state index >= 15 is 0 Å². The van der Waals surface area contributed by atoms with E-state index in [0.29, 0.717) is 17.0 Å². The monoisotopic (exact) mass is 303 g/mol. The zero-order chi connectivity index (χ0) is 15.6. The fourth-order valence-corrected chi connectivity index (χ4v) is 3.12. The molecule has 1 N–H and O–H groups in total. The minimum atomic E-state index is -0.881. The van der Waals surface area contributed by atoms with Crippen molar-refractivity contribution >= 4 is 17.3 Å². The fourth-order valence-electron chi connectivity index (χ4n) is 2.16. The van der Waals surface area contributed by atoms with Gasteiger partial charge in [0.1, 0.15) is 9.88 Å². The van der Waals surface area contributed by atoms with Gasteiger partial charge in [0.15, 0.2) is 0 Å². The van der Waals surface area contributed by atoms with Gasteiger partial charge in [0.25, 0.3) is 0 Å². The summed E-state index contributed by atoms with van der Waals surface area (Å²) in [6.07, 6.45) is 1.60. The third-order valence-electron chi connectivity index (χ3n) is 3.38. The Kier molecular flexibility index (Phi) is 4.47. The minimum Gasteiger partial charge on any atom is -0.477 e. The van der Waals surface area contributed by atoms with E-state index in [1.54, 1.807) is 0 Å². The number of hydrogen-bond acceptors (Lipinski definition) is 3. The predicted molar refractivity (Wildman–Crippen MR) is 87.2 cm³/mol. The number of aryl methyl sites for hydroxylation is 1. The molecular weight excluding hydrogens is 282 g/mol. The van der Waals surface area contributed by atoms with Gasteiger partial charge in [-0.05, 0) is 17.4 Å². The van der Waals surface area contributed by atoms with Gasteiger partial charge in [0, 0.05) is 5.56 Å². The number of thiazole rings is 1. The van der Waals surface area contributed by atoms with E-state index in [2.05, 4.69) is 37.9 Å². The number of nitrogens with zero attached hydrogens (tertiary/aromatic N) is 1. The van der Waals surface area contributed by atoms with Crippen molar-refractivity contribution in [3.63, 3.8) is 0 Å². The molecule has 0 spiro atoms. The van der Waals surface area contributed by atoms with Gasteiger partial charge in [-0.1, -0.05) is 58.4 Å². The van der Waals surface area contributed by atoms with E-state index in [-0.39, 0.29) is 5.41 Å². The van der Waals surface area contributed by atoms with Crippen molar-refractivity contribution in [3.05, 3.63) is 40.4 Å². The predicted octanol–water partition coefficient (Wildman–Crippen LogP) is 4.76. The molecule has 0 fully saturated rings. The van der Waals surface area contributed by atoms with Crippen LogP contribution >= 0.6 is 11.3 Å². The molecule has 0 aliphatic rings. The van der Waals surface area contributed by atoms with Crippen LogP contribution in [-0.4, -0.2) is 16.1 Å². The lowest BCUT2D eigenvalue weighted by Crippen LogP contribution is -2.10. The highest BCUT2D eigenvalue weighted by Gasteiger charge is 2.18. The summed E-state index contributed by atoms with van der Waals surface area (Å²) in [5.74, 6) is -0.881. The molecule has 0 amide bonds. The average Bonchev–Trinajstić information content (AvgIpc) is 2.82. The van der Waals surface area contributed by atoms with Crippen LogP contribution in [0.3, 0.4) is 0 Å². The molecule has 2 aromatic rings. The summed E-state index contributed by atoms with van der Waals surface area (Å²) in [7, 11) is 0. The molecule has 1 heterocycles. The largest absolute Gasteiger partial charge is 0.477 e. The molecule has 1 aromatic carbocycles. The van der Waals surface area contributed by atoms with Crippen molar-refractivity contribution in [1.82, 2.24) is 4.98 Å². The molecule has 0 saturated carbocycles. The molecule has 21 heavy (non-hydrogen) atoms. The summed E-state index contributed by atoms with van der Waals surface area (Å²) in [5.41, 5.74) is 3.05. The number of carboxylic acid groups (broad SMARTS) is 1. The van der Waals surface area contributed by atoms with E-state index in [9.17, 15) is 9.90 Å². The molecule has 0 unspecified atom stereocenters. The highest BCUT2D eigenvalue weighted by molar-refractivity contribution is 7.17. The molecule has 0 saturated heterocycles. The van der Waals surface area contributed by atoms with Crippen LogP contribution in [0.2, 0.25) is 0 Å². The first-order chi connectivity index (χ1) is 9.82. The van der Waals surface area contributed by atoms with Crippen LogP contribution < -0.4 is 0 Å². The summed E-state index contributed by atoms with van der Waals surface area (Å²) in [6.45, 7) is 8.55. The SMILES string of the molecule is CCCc1nc(-c2ccc(C(C)(C)C)cc2)sc1C(=O)O. The topological polar surface area (TPSA) is 50.2 Å². The minimum absolute atomic E-state index is 0.112. The van der Waals surface area contributed by atoms with Crippen molar-refractivity contribution in [3.8, 4) is 10.6 Å². The quantitative estimate of drug-likeness (QED) is 0.886. The number of rotatable bonds is 4. The maximum atomic E-state index is 11.3. The van der Waals surface area contributed by atoms with Crippen molar-refractivity contribution in [2.24, 2.45) is 0 Å². The highest BCUT2D eigenvalue weighted by Crippen LogP contribution is 2.31. The first-order valence-electron chi connectivity index (χ1n) is 7.17. The third-order valence-corrected chi connectivity index (χ3v) is 4.51. The molecule has 0 bridgehead atoms. The molecule has 0 aliphatic carbocycles. The van der Waals surface area contributed by atoms with Crippen LogP contribution in [0.4, 0.5) is 0 Å². The van der Waals surface area contributed by atoms with Gasteiger partial charge in [-0.3, -0.25) is 0 Å². The molecule has 0 aliphatic heterocycles. The van der Waals surface area contributed by atoms with Gasteiger partial charge < -0.3 is 5.11 Å². The van der Waals surface area contributed by atoms with E-state index in [1.165, 1.54) is 16.9 Å². The van der Waals surface area contributed by atoms with Gasteiger partial charge in [-0.2, -0.15) is 0 Å². The molecule has 4 heteroatoms. The number of hydrogen-bond donors (Lipinski definition) is 1. The second kappa shape index (κ2) is 5.98. The standard InChI is InChI=1S/C17H21NO2S/c1-5-6-13-14(16(19)20)21-15(18-13)11-7-9-12(10-8-11)17(2,3)4/h7-10H,5-6H2,1-4H3,(H,19,20). The highest BCUT2D eigenvalue weighted by atomic mass is 32.1. The van der Waals surface area contributed by atoms with Gasteiger partial charge in [0.2, 0.25) is 0 Å². The second-order valence-corrected chi connectivity index (χ2v) is 7.18. The summed E-state index contributed by atoms with van der Waals surface area (Å²) in [4.78, 5) is 16.2. The summed E-state index contributed by atoms with van der Waals surface area (Å²) in [5, 5.41) is 10.1. The first-order valence-corrected chi connectivity index (χ1v) is 7.98. The molecule has 3 nitrogen and oxygen atoms in total. The van der Waals surface area contributed by atoms with Gasteiger partial charge in [0.05, 0.1) is 5.69 Å². The maximum Gasteiger partial charge on any atom is 0.347 e. The van der Waals surface area contributed by atoms with Crippen LogP contribution in [0.5, 0.6) is 0 Å². The molecular formula is C17H21NO2S. The van der Waals surface area contributed by atoms with Crippen LogP contribution in [0.25, 0.3) is 10.6 Å². The summed E-state index contributed by atoms with van der Waals surface area (Å²) >= 11 is 1.26. The van der Waals surface area contributed by atoms with Crippen LogP contribution in [0, 0.1) is 0 Å². The normalized spacial score (nSPS) is 11.6. The lowest BCUT2D eigenvalue weighted by molar-refractivity contribution is 0.0700. The van der Waals surface area contributed by atoms with Gasteiger partial charge in [-0.25, -0.2) is 9.78 Å². The number of carbonyl (C=O) groups is 1. The van der Waals surface area contributed by atoms with Crippen LogP contribution in [0.1, 0.15) is 55.0 Å². The Hall–Kier alpha value is -1.68. The Bertz CT molecular complexity index is 636. The van der Waals surface area contributed by atoms with Crippen LogP contribution in [0.15, 0.2) is 24.3 Å².